The summed E-state index contributed by atoms with van der Waals surface area (Å²) in [5.74, 6) is 1.15. The fourth-order valence-electron chi connectivity index (χ4n) is 2.36. The van der Waals surface area contributed by atoms with E-state index in [0.29, 0.717) is 17.1 Å². The summed E-state index contributed by atoms with van der Waals surface area (Å²) < 4.78 is 11.0. The minimum Gasteiger partial charge on any atom is -0.493 e. The van der Waals surface area contributed by atoms with E-state index in [1.54, 1.807) is 7.11 Å². The minimum atomic E-state index is -0.0363. The lowest BCUT2D eigenvalue weighted by atomic mass is 10.0. The normalized spacial score (nSPS) is 10.8. The fraction of sp³-hybridized carbons (Fsp3) is 0.250. The van der Waals surface area contributed by atoms with Gasteiger partial charge in [-0.15, -0.1) is 0 Å². The number of aryl methyl sites for hydroxylation is 2. The number of methoxy groups -OCH3 is 1. The molecule has 0 atom stereocenters. The Hall–Kier alpha value is -2.55. The first kappa shape index (κ1) is 16.8. The van der Waals surface area contributed by atoms with Crippen LogP contribution in [0, 0.1) is 13.8 Å². The Morgan fingerprint density at radius 2 is 1.87 bits per heavy atom. The summed E-state index contributed by atoms with van der Waals surface area (Å²) in [6.07, 6.45) is 3.94. The molecular formula is C20H22O3. The summed E-state index contributed by atoms with van der Waals surface area (Å²) in [5.41, 5.74) is 3.75. The molecule has 0 unspecified atom stereocenters. The maximum Gasteiger partial charge on any atom is 0.200 e. The van der Waals surface area contributed by atoms with E-state index in [0.717, 1.165) is 16.7 Å². The predicted molar refractivity (Wildman–Crippen MR) is 93.4 cm³/mol. The van der Waals surface area contributed by atoms with E-state index < -0.39 is 0 Å². The van der Waals surface area contributed by atoms with Gasteiger partial charge in [-0.1, -0.05) is 35.9 Å². The zero-order valence-electron chi connectivity index (χ0n) is 14.1. The lowest BCUT2D eigenvalue weighted by molar-refractivity contribution is 0.0919. The van der Waals surface area contributed by atoms with Gasteiger partial charge in [-0.2, -0.15) is 0 Å². The molecule has 0 amide bonds. The van der Waals surface area contributed by atoms with Gasteiger partial charge in [-0.05, 0) is 50.1 Å². The van der Waals surface area contributed by atoms with Gasteiger partial charge in [-0.3, -0.25) is 4.79 Å². The SMILES string of the molecule is CC=Cc1ccc(OCC(=O)c2cc(C)ccc2C)c(OC)c1. The molecule has 120 valence electrons. The first-order valence-electron chi connectivity index (χ1n) is 7.59. The molecule has 2 rings (SSSR count). The van der Waals surface area contributed by atoms with Gasteiger partial charge in [0.25, 0.3) is 0 Å². The Morgan fingerprint density at radius 1 is 1.09 bits per heavy atom. The van der Waals surface area contributed by atoms with Crippen molar-refractivity contribution in [3.05, 3.63) is 64.7 Å². The molecule has 3 heteroatoms. The van der Waals surface area contributed by atoms with Crippen LogP contribution in [0.1, 0.15) is 34.0 Å². The molecule has 0 spiro atoms. The maximum atomic E-state index is 12.4. The van der Waals surface area contributed by atoms with Crippen LogP contribution in [0.5, 0.6) is 11.5 Å². The molecule has 0 aromatic heterocycles. The molecule has 23 heavy (non-hydrogen) atoms. The Morgan fingerprint density at radius 3 is 2.57 bits per heavy atom. The first-order chi connectivity index (χ1) is 11.0. The average Bonchev–Trinajstić information content (AvgIpc) is 2.55. The summed E-state index contributed by atoms with van der Waals surface area (Å²) in [6, 6.07) is 11.5. The number of rotatable bonds is 6. The molecule has 0 heterocycles. The lowest BCUT2D eigenvalue weighted by Gasteiger charge is -2.12. The molecule has 0 aliphatic heterocycles. The lowest BCUT2D eigenvalue weighted by Crippen LogP contribution is -2.13. The molecule has 0 saturated carbocycles. The summed E-state index contributed by atoms with van der Waals surface area (Å²) in [6.45, 7) is 5.85. The van der Waals surface area contributed by atoms with Crippen LogP contribution in [0.4, 0.5) is 0 Å². The highest BCUT2D eigenvalue weighted by Crippen LogP contribution is 2.28. The van der Waals surface area contributed by atoms with Crippen LogP contribution < -0.4 is 9.47 Å². The predicted octanol–water partition coefficient (Wildman–Crippen LogP) is 4.61. The summed E-state index contributed by atoms with van der Waals surface area (Å²) in [4.78, 5) is 12.4. The Kier molecular flexibility index (Phi) is 5.58. The van der Waals surface area contributed by atoms with Crippen LogP contribution in [0.15, 0.2) is 42.5 Å². The van der Waals surface area contributed by atoms with Crippen molar-refractivity contribution in [2.45, 2.75) is 20.8 Å². The largest absolute Gasteiger partial charge is 0.493 e. The Labute approximate surface area is 137 Å². The zero-order valence-corrected chi connectivity index (χ0v) is 14.1. The van der Waals surface area contributed by atoms with Crippen molar-refractivity contribution in [1.82, 2.24) is 0 Å². The van der Waals surface area contributed by atoms with Gasteiger partial charge in [0.15, 0.2) is 23.9 Å². The number of carbonyl (C=O) groups excluding carboxylic acids is 1. The van der Waals surface area contributed by atoms with Crippen molar-refractivity contribution in [2.24, 2.45) is 0 Å². The van der Waals surface area contributed by atoms with Crippen LogP contribution in [0.2, 0.25) is 0 Å². The smallest absolute Gasteiger partial charge is 0.200 e. The van der Waals surface area contributed by atoms with E-state index >= 15 is 0 Å². The molecule has 0 radical (unpaired) electrons. The van der Waals surface area contributed by atoms with Gasteiger partial charge in [0, 0.05) is 5.56 Å². The van der Waals surface area contributed by atoms with Crippen molar-refractivity contribution in [2.75, 3.05) is 13.7 Å². The second-order valence-electron chi connectivity index (χ2n) is 5.44. The van der Waals surface area contributed by atoms with E-state index in [-0.39, 0.29) is 12.4 Å². The third-order valence-electron chi connectivity index (χ3n) is 3.60. The monoisotopic (exact) mass is 310 g/mol. The number of carbonyl (C=O) groups is 1. The minimum absolute atomic E-state index is 0.0103. The summed E-state index contributed by atoms with van der Waals surface area (Å²) in [5, 5.41) is 0. The number of ether oxygens (including phenoxy) is 2. The van der Waals surface area contributed by atoms with Crippen LogP contribution in [-0.2, 0) is 0 Å². The maximum absolute atomic E-state index is 12.4. The van der Waals surface area contributed by atoms with Crippen LogP contribution >= 0.6 is 0 Å². The third kappa shape index (κ3) is 4.22. The molecule has 0 N–H and O–H groups in total. The number of allylic oxidation sites excluding steroid dienone is 1. The van der Waals surface area contributed by atoms with Gasteiger partial charge in [0.1, 0.15) is 0 Å². The van der Waals surface area contributed by atoms with E-state index in [9.17, 15) is 4.79 Å². The molecule has 2 aromatic carbocycles. The van der Waals surface area contributed by atoms with Gasteiger partial charge in [-0.25, -0.2) is 0 Å². The van der Waals surface area contributed by atoms with Crippen LogP contribution in [-0.4, -0.2) is 19.5 Å². The van der Waals surface area contributed by atoms with E-state index in [1.165, 1.54) is 0 Å². The molecule has 0 aliphatic rings. The third-order valence-corrected chi connectivity index (χ3v) is 3.60. The molecular weight excluding hydrogens is 288 g/mol. The zero-order chi connectivity index (χ0) is 16.8. The molecule has 0 bridgehead atoms. The van der Waals surface area contributed by atoms with E-state index in [4.69, 9.17) is 9.47 Å². The number of Topliss-reactive ketones (excluding diaryl/α,β-unsaturated/α-hetero) is 1. The highest BCUT2D eigenvalue weighted by atomic mass is 16.5. The van der Waals surface area contributed by atoms with Crippen LogP contribution in [0.3, 0.4) is 0 Å². The number of hydrogen-bond donors (Lipinski definition) is 0. The van der Waals surface area contributed by atoms with Crippen molar-refractivity contribution in [3.8, 4) is 11.5 Å². The number of benzene rings is 2. The summed E-state index contributed by atoms with van der Waals surface area (Å²) >= 11 is 0. The van der Waals surface area contributed by atoms with Crippen molar-refractivity contribution in [3.63, 3.8) is 0 Å². The van der Waals surface area contributed by atoms with Gasteiger partial charge >= 0.3 is 0 Å². The summed E-state index contributed by atoms with van der Waals surface area (Å²) in [7, 11) is 1.59. The fourth-order valence-corrected chi connectivity index (χ4v) is 2.36. The Balaban J connectivity index is 2.14. The van der Waals surface area contributed by atoms with E-state index in [1.807, 2.05) is 69.3 Å². The highest BCUT2D eigenvalue weighted by molar-refractivity contribution is 5.98. The molecule has 0 fully saturated rings. The van der Waals surface area contributed by atoms with E-state index in [2.05, 4.69) is 0 Å². The van der Waals surface area contributed by atoms with Gasteiger partial charge in [0.05, 0.1) is 7.11 Å². The molecule has 0 saturated heterocycles. The Bertz CT molecular complexity index is 730. The highest BCUT2D eigenvalue weighted by Gasteiger charge is 2.12. The van der Waals surface area contributed by atoms with Crippen molar-refractivity contribution < 1.29 is 14.3 Å². The first-order valence-corrected chi connectivity index (χ1v) is 7.59. The second-order valence-corrected chi connectivity index (χ2v) is 5.44. The molecule has 2 aromatic rings. The standard InChI is InChI=1S/C20H22O3/c1-5-6-16-9-10-19(20(12-16)22-4)23-13-18(21)17-11-14(2)7-8-15(17)3/h5-12H,13H2,1-4H3. The van der Waals surface area contributed by atoms with Crippen molar-refractivity contribution >= 4 is 11.9 Å². The average molecular weight is 310 g/mol. The van der Waals surface area contributed by atoms with Gasteiger partial charge < -0.3 is 9.47 Å². The quantitative estimate of drug-likeness (QED) is 0.731. The molecule has 0 aliphatic carbocycles. The number of ketones is 1. The number of hydrogen-bond acceptors (Lipinski definition) is 3. The van der Waals surface area contributed by atoms with Crippen LogP contribution in [0.25, 0.3) is 6.08 Å². The van der Waals surface area contributed by atoms with Crippen molar-refractivity contribution in [1.29, 1.82) is 0 Å². The second kappa shape index (κ2) is 7.63. The topological polar surface area (TPSA) is 35.5 Å². The van der Waals surface area contributed by atoms with Gasteiger partial charge in [0.2, 0.25) is 0 Å². The molecule has 3 nitrogen and oxygen atoms in total.